The van der Waals surface area contributed by atoms with E-state index >= 15 is 0 Å². The molecule has 2 aliphatic rings. The van der Waals surface area contributed by atoms with Gasteiger partial charge in [0, 0.05) is 17.7 Å². The van der Waals surface area contributed by atoms with Crippen LogP contribution in [0.2, 0.25) is 0 Å². The van der Waals surface area contributed by atoms with Crippen LogP contribution in [-0.2, 0) is 6.42 Å². The Labute approximate surface area is 172 Å². The summed E-state index contributed by atoms with van der Waals surface area (Å²) < 4.78 is 5.95. The van der Waals surface area contributed by atoms with Crippen LogP contribution in [0.3, 0.4) is 0 Å². The molecule has 0 saturated heterocycles. The Morgan fingerprint density at radius 2 is 1.90 bits per heavy atom. The topological polar surface area (TPSA) is 51.0 Å². The second-order valence-corrected chi connectivity index (χ2v) is 8.49. The molecule has 1 aliphatic carbocycles. The zero-order chi connectivity index (χ0) is 19.6. The number of anilines is 1. The zero-order valence-corrected chi connectivity index (χ0v) is 17.1. The molecule has 3 unspecified atom stereocenters. The summed E-state index contributed by atoms with van der Waals surface area (Å²) in [5.74, 6) is 2.62. The van der Waals surface area contributed by atoms with Gasteiger partial charge in [-0.05, 0) is 60.4 Å². The van der Waals surface area contributed by atoms with Crippen molar-refractivity contribution in [3.8, 4) is 11.5 Å². The highest BCUT2D eigenvalue weighted by Crippen LogP contribution is 2.51. The smallest absolute Gasteiger partial charge is 0.247 e. The predicted octanol–water partition coefficient (Wildman–Crippen LogP) is 6.52. The van der Waals surface area contributed by atoms with Crippen molar-refractivity contribution in [1.82, 2.24) is 10.2 Å². The minimum atomic E-state index is 0.393. The normalized spacial score (nSPS) is 23.1. The summed E-state index contributed by atoms with van der Waals surface area (Å²) in [4.78, 5) is 0. The third-order valence-corrected chi connectivity index (χ3v) is 6.63. The van der Waals surface area contributed by atoms with Gasteiger partial charge in [-0.25, -0.2) is 0 Å². The van der Waals surface area contributed by atoms with Gasteiger partial charge in [0.1, 0.15) is 0 Å². The number of aryl methyl sites for hydroxylation is 1. The molecule has 2 heterocycles. The number of nitrogens with one attached hydrogen (secondary N) is 1. The minimum Gasteiger partial charge on any atom is -0.421 e. The molecule has 1 aliphatic heterocycles. The lowest BCUT2D eigenvalue weighted by Crippen LogP contribution is -2.33. The van der Waals surface area contributed by atoms with Crippen LogP contribution in [0.25, 0.3) is 11.5 Å². The third kappa shape index (κ3) is 3.57. The number of benzene rings is 2. The van der Waals surface area contributed by atoms with Gasteiger partial charge in [0.15, 0.2) is 0 Å². The summed E-state index contributed by atoms with van der Waals surface area (Å²) in [6, 6.07) is 17.9. The maximum Gasteiger partial charge on any atom is 0.247 e. The van der Waals surface area contributed by atoms with E-state index in [2.05, 4.69) is 71.0 Å². The first-order chi connectivity index (χ1) is 14.3. The monoisotopic (exact) mass is 387 g/mol. The van der Waals surface area contributed by atoms with E-state index < -0.39 is 0 Å². The van der Waals surface area contributed by atoms with Gasteiger partial charge in [-0.1, -0.05) is 56.5 Å². The first-order valence-corrected chi connectivity index (χ1v) is 11.1. The molecule has 5 rings (SSSR count). The second kappa shape index (κ2) is 8.02. The fraction of sp³-hybridized carbons (Fsp3) is 0.440. The van der Waals surface area contributed by atoms with Gasteiger partial charge >= 0.3 is 0 Å². The number of fused-ring (bicyclic) bond motifs is 3. The van der Waals surface area contributed by atoms with E-state index in [1.54, 1.807) is 0 Å². The summed E-state index contributed by atoms with van der Waals surface area (Å²) in [5, 5.41) is 12.4. The van der Waals surface area contributed by atoms with Crippen molar-refractivity contribution in [1.29, 1.82) is 0 Å². The predicted molar refractivity (Wildman–Crippen MR) is 116 cm³/mol. The van der Waals surface area contributed by atoms with E-state index in [4.69, 9.17) is 4.42 Å². The number of nitrogens with zero attached hydrogens (tertiary/aromatic N) is 2. The first kappa shape index (κ1) is 18.4. The average molecular weight is 388 g/mol. The van der Waals surface area contributed by atoms with E-state index in [1.165, 1.54) is 42.5 Å². The average Bonchev–Trinajstić information content (AvgIpc) is 3.26. The Morgan fingerprint density at radius 1 is 1.03 bits per heavy atom. The van der Waals surface area contributed by atoms with E-state index in [0.29, 0.717) is 23.8 Å². The second-order valence-electron chi connectivity index (χ2n) is 8.49. The Kier molecular flexibility index (Phi) is 5.09. The lowest BCUT2D eigenvalue weighted by Gasteiger charge is -2.44. The maximum atomic E-state index is 5.95. The SMILES string of the molecule is CCCCc1nnc(-c2ccc3c(c2)C2CCCCC2C(c2ccccc2)N3)o1. The Hall–Kier alpha value is -2.62. The van der Waals surface area contributed by atoms with Crippen LogP contribution in [0.15, 0.2) is 52.9 Å². The van der Waals surface area contributed by atoms with Crippen LogP contribution in [0.4, 0.5) is 5.69 Å². The van der Waals surface area contributed by atoms with Gasteiger partial charge in [-0.15, -0.1) is 10.2 Å². The lowest BCUT2D eigenvalue weighted by atomic mass is 9.68. The fourth-order valence-electron chi connectivity index (χ4n) is 5.14. The molecule has 4 nitrogen and oxygen atoms in total. The van der Waals surface area contributed by atoms with Crippen molar-refractivity contribution in [2.24, 2.45) is 5.92 Å². The molecule has 1 aromatic heterocycles. The van der Waals surface area contributed by atoms with E-state index in [0.717, 1.165) is 30.7 Å². The van der Waals surface area contributed by atoms with Crippen LogP contribution in [0, 0.1) is 5.92 Å². The number of aromatic nitrogens is 2. The minimum absolute atomic E-state index is 0.393. The molecular formula is C25H29N3O. The largest absolute Gasteiger partial charge is 0.421 e. The molecule has 0 bridgehead atoms. The van der Waals surface area contributed by atoms with Crippen LogP contribution in [0.5, 0.6) is 0 Å². The summed E-state index contributed by atoms with van der Waals surface area (Å²) in [7, 11) is 0. The van der Waals surface area contributed by atoms with Crippen molar-refractivity contribution in [3.05, 3.63) is 65.5 Å². The molecule has 3 atom stereocenters. The molecule has 0 radical (unpaired) electrons. The summed E-state index contributed by atoms with van der Waals surface area (Å²) in [6.45, 7) is 2.18. The van der Waals surface area contributed by atoms with Crippen LogP contribution < -0.4 is 5.32 Å². The van der Waals surface area contributed by atoms with Gasteiger partial charge in [0.25, 0.3) is 0 Å². The maximum absolute atomic E-state index is 5.95. The van der Waals surface area contributed by atoms with Crippen LogP contribution >= 0.6 is 0 Å². The molecule has 0 amide bonds. The number of unbranched alkanes of at least 4 members (excludes halogenated alkanes) is 1. The standard InChI is InChI=1S/C25H29N3O/c1-2-3-13-23-27-28-25(29-23)18-14-15-22-21(16-18)19-11-7-8-12-20(19)24(26-22)17-9-5-4-6-10-17/h4-6,9-10,14-16,19-20,24,26H,2-3,7-8,11-13H2,1H3. The third-order valence-electron chi connectivity index (χ3n) is 6.63. The van der Waals surface area contributed by atoms with E-state index in [9.17, 15) is 0 Å². The molecule has 3 aromatic rings. The van der Waals surface area contributed by atoms with Gasteiger partial charge in [0.2, 0.25) is 11.8 Å². The van der Waals surface area contributed by atoms with Gasteiger partial charge in [-0.2, -0.15) is 0 Å². The van der Waals surface area contributed by atoms with Crippen molar-refractivity contribution in [3.63, 3.8) is 0 Å². The molecular weight excluding hydrogens is 358 g/mol. The number of rotatable bonds is 5. The molecule has 2 aromatic carbocycles. The van der Waals surface area contributed by atoms with Gasteiger partial charge in [-0.3, -0.25) is 0 Å². The Balaban J connectivity index is 1.48. The lowest BCUT2D eigenvalue weighted by molar-refractivity contribution is 0.265. The highest BCUT2D eigenvalue weighted by Gasteiger charge is 2.38. The van der Waals surface area contributed by atoms with Crippen LogP contribution in [0.1, 0.15) is 74.4 Å². The molecule has 29 heavy (non-hydrogen) atoms. The van der Waals surface area contributed by atoms with E-state index in [1.807, 2.05) is 0 Å². The Bertz CT molecular complexity index is 965. The number of hydrogen-bond donors (Lipinski definition) is 1. The number of hydrogen-bond acceptors (Lipinski definition) is 4. The quantitative estimate of drug-likeness (QED) is 0.541. The molecule has 1 N–H and O–H groups in total. The summed E-state index contributed by atoms with van der Waals surface area (Å²) in [5.41, 5.74) is 5.13. The summed E-state index contributed by atoms with van der Waals surface area (Å²) in [6.07, 6.45) is 8.26. The van der Waals surface area contributed by atoms with Crippen molar-refractivity contribution in [2.75, 3.05) is 5.32 Å². The van der Waals surface area contributed by atoms with Gasteiger partial charge in [0.05, 0.1) is 6.04 Å². The van der Waals surface area contributed by atoms with Crippen molar-refractivity contribution in [2.45, 2.75) is 63.8 Å². The highest BCUT2D eigenvalue weighted by molar-refractivity contribution is 5.66. The first-order valence-electron chi connectivity index (χ1n) is 11.1. The molecule has 4 heteroatoms. The van der Waals surface area contributed by atoms with Gasteiger partial charge < -0.3 is 9.73 Å². The fourth-order valence-corrected chi connectivity index (χ4v) is 5.14. The molecule has 150 valence electrons. The molecule has 1 fully saturated rings. The highest BCUT2D eigenvalue weighted by atomic mass is 16.4. The van der Waals surface area contributed by atoms with Crippen LogP contribution in [-0.4, -0.2) is 10.2 Å². The van der Waals surface area contributed by atoms with Crippen molar-refractivity contribution >= 4 is 5.69 Å². The van der Waals surface area contributed by atoms with Crippen molar-refractivity contribution < 1.29 is 4.42 Å². The summed E-state index contributed by atoms with van der Waals surface area (Å²) >= 11 is 0. The Morgan fingerprint density at radius 3 is 2.76 bits per heavy atom. The molecule has 0 spiro atoms. The molecule has 1 saturated carbocycles. The van der Waals surface area contributed by atoms with E-state index in [-0.39, 0.29) is 0 Å². The zero-order valence-electron chi connectivity index (χ0n) is 17.1.